The Morgan fingerprint density at radius 2 is 1.91 bits per heavy atom. The summed E-state index contributed by atoms with van der Waals surface area (Å²) in [6, 6.07) is 5.04. The second-order valence-corrected chi connectivity index (χ2v) is 7.39. The molecule has 172 valence electrons. The number of hydrogen-bond acceptors (Lipinski definition) is 7. The number of hydrogen-bond donors (Lipinski definition) is 1. The van der Waals surface area contributed by atoms with Crippen LogP contribution in [-0.2, 0) is 4.79 Å². The maximum atomic E-state index is 13.0. The molecule has 1 aromatic carbocycles. The lowest BCUT2D eigenvalue weighted by Crippen LogP contribution is -2.43. The van der Waals surface area contributed by atoms with Gasteiger partial charge in [0, 0.05) is 12.6 Å². The Morgan fingerprint density at radius 3 is 2.50 bits per heavy atom. The molecule has 0 unspecified atom stereocenters. The van der Waals surface area contributed by atoms with Gasteiger partial charge in [-0.2, -0.15) is 0 Å². The minimum absolute atomic E-state index is 0.00718. The fourth-order valence-corrected chi connectivity index (χ4v) is 3.49. The van der Waals surface area contributed by atoms with Crippen LogP contribution in [0.3, 0.4) is 0 Å². The zero-order chi connectivity index (χ0) is 23.1. The number of nitrogens with one attached hydrogen (secondary N) is 1. The molecule has 1 aromatic heterocycles. The maximum Gasteiger partial charge on any atom is 0.296 e. The van der Waals surface area contributed by atoms with Gasteiger partial charge in [0.05, 0.1) is 30.5 Å². The van der Waals surface area contributed by atoms with Crippen molar-refractivity contribution in [3.8, 4) is 11.5 Å². The Bertz CT molecular complexity index is 959. The van der Waals surface area contributed by atoms with Crippen LogP contribution in [0.4, 0.5) is 11.4 Å². The second kappa shape index (κ2) is 10.7. The van der Waals surface area contributed by atoms with Crippen molar-refractivity contribution < 1.29 is 28.4 Å². The van der Waals surface area contributed by atoms with Crippen molar-refractivity contribution >= 4 is 23.2 Å². The predicted octanol–water partition coefficient (Wildman–Crippen LogP) is 4.01. The predicted molar refractivity (Wildman–Crippen MR) is 116 cm³/mol. The summed E-state index contributed by atoms with van der Waals surface area (Å²) in [7, 11) is 0. The average Bonchev–Trinajstić information content (AvgIpc) is 3.48. The van der Waals surface area contributed by atoms with E-state index in [0.29, 0.717) is 38.3 Å². The van der Waals surface area contributed by atoms with Crippen LogP contribution in [0, 0.1) is 10.1 Å². The standard InChI is InChI=1S/C22H27N3O7/c1-3-10-30-19-13-15(17(25(28)29)14-20(19)31-11-4-2)23-21(26)16-7-5-9-24(16)22(27)18-8-6-12-32-18/h6,8,12-14,16H,3-5,7,9-11H2,1-2H3,(H,23,26)/t16-/m0/s1. The smallest absolute Gasteiger partial charge is 0.296 e. The van der Waals surface area contributed by atoms with Gasteiger partial charge in [-0.25, -0.2) is 0 Å². The van der Waals surface area contributed by atoms with Crippen LogP contribution < -0.4 is 14.8 Å². The highest BCUT2D eigenvalue weighted by Crippen LogP contribution is 2.38. The molecule has 1 aliphatic heterocycles. The first kappa shape index (κ1) is 23.1. The number of rotatable bonds is 10. The lowest BCUT2D eigenvalue weighted by Gasteiger charge is -2.23. The first-order valence-corrected chi connectivity index (χ1v) is 10.7. The SMILES string of the molecule is CCCOc1cc(NC(=O)[C@@H]2CCCN2C(=O)c2ccco2)c([N+](=O)[O-])cc1OCCC. The number of nitro groups is 1. The molecule has 0 aliphatic carbocycles. The molecular formula is C22H27N3O7. The third kappa shape index (κ3) is 5.19. The molecule has 1 saturated heterocycles. The van der Waals surface area contributed by atoms with Crippen LogP contribution >= 0.6 is 0 Å². The van der Waals surface area contributed by atoms with Gasteiger partial charge in [0.25, 0.3) is 11.6 Å². The number of amides is 2. The molecule has 1 fully saturated rings. The van der Waals surface area contributed by atoms with E-state index in [9.17, 15) is 19.7 Å². The molecule has 0 spiro atoms. The molecule has 0 bridgehead atoms. The highest BCUT2D eigenvalue weighted by atomic mass is 16.6. The first-order valence-electron chi connectivity index (χ1n) is 10.7. The third-order valence-corrected chi connectivity index (χ3v) is 4.99. The van der Waals surface area contributed by atoms with Gasteiger partial charge in [0.1, 0.15) is 11.7 Å². The molecule has 1 N–H and O–H groups in total. The lowest BCUT2D eigenvalue weighted by atomic mass is 10.1. The largest absolute Gasteiger partial charge is 0.490 e. The zero-order valence-corrected chi connectivity index (χ0v) is 18.2. The fraction of sp³-hybridized carbons (Fsp3) is 0.455. The van der Waals surface area contributed by atoms with E-state index in [1.807, 2.05) is 13.8 Å². The first-order chi connectivity index (χ1) is 15.5. The van der Waals surface area contributed by atoms with Gasteiger partial charge in [-0.1, -0.05) is 13.8 Å². The van der Waals surface area contributed by atoms with Crippen molar-refractivity contribution in [2.24, 2.45) is 0 Å². The summed E-state index contributed by atoms with van der Waals surface area (Å²) < 4.78 is 16.5. The summed E-state index contributed by atoms with van der Waals surface area (Å²) in [5.41, 5.74) is -0.317. The molecule has 2 aromatic rings. The van der Waals surface area contributed by atoms with Crippen molar-refractivity contribution in [2.45, 2.75) is 45.6 Å². The van der Waals surface area contributed by atoms with Gasteiger partial charge in [-0.05, 0) is 37.8 Å². The molecular weight excluding hydrogens is 418 g/mol. The van der Waals surface area contributed by atoms with E-state index in [2.05, 4.69) is 5.32 Å². The number of anilines is 1. The summed E-state index contributed by atoms with van der Waals surface area (Å²) in [6.07, 6.45) is 3.94. The van der Waals surface area contributed by atoms with Crippen molar-refractivity contribution in [3.05, 3.63) is 46.4 Å². The lowest BCUT2D eigenvalue weighted by molar-refractivity contribution is -0.384. The van der Waals surface area contributed by atoms with Crippen molar-refractivity contribution in [2.75, 3.05) is 25.1 Å². The van der Waals surface area contributed by atoms with Crippen LogP contribution in [0.2, 0.25) is 0 Å². The fourth-order valence-electron chi connectivity index (χ4n) is 3.49. The van der Waals surface area contributed by atoms with Crippen LogP contribution in [0.15, 0.2) is 34.9 Å². The van der Waals surface area contributed by atoms with Gasteiger partial charge < -0.3 is 24.1 Å². The van der Waals surface area contributed by atoms with E-state index < -0.39 is 22.8 Å². The van der Waals surface area contributed by atoms with Gasteiger partial charge in [-0.15, -0.1) is 0 Å². The number of furan rings is 1. The van der Waals surface area contributed by atoms with E-state index >= 15 is 0 Å². The molecule has 10 heteroatoms. The molecule has 2 amide bonds. The maximum absolute atomic E-state index is 13.0. The van der Waals surface area contributed by atoms with Crippen LogP contribution in [-0.4, -0.2) is 47.4 Å². The molecule has 0 saturated carbocycles. The summed E-state index contributed by atoms with van der Waals surface area (Å²) in [4.78, 5) is 38.2. The molecule has 0 radical (unpaired) electrons. The molecule has 2 heterocycles. The quantitative estimate of drug-likeness (QED) is 0.433. The van der Waals surface area contributed by atoms with Crippen LogP contribution in [0.25, 0.3) is 0 Å². The Balaban J connectivity index is 1.86. The summed E-state index contributed by atoms with van der Waals surface area (Å²) in [5.74, 6) is -0.188. The number of ether oxygens (including phenoxy) is 2. The highest BCUT2D eigenvalue weighted by molar-refractivity contribution is 6.01. The molecule has 3 rings (SSSR count). The average molecular weight is 445 g/mol. The van der Waals surface area contributed by atoms with E-state index in [0.717, 1.165) is 12.8 Å². The minimum atomic E-state index is -0.761. The molecule has 1 aliphatic rings. The number of nitro benzene ring substituents is 1. The van der Waals surface area contributed by atoms with E-state index in [-0.39, 0.29) is 22.9 Å². The van der Waals surface area contributed by atoms with Gasteiger partial charge in [0.15, 0.2) is 17.3 Å². The van der Waals surface area contributed by atoms with E-state index in [4.69, 9.17) is 13.9 Å². The van der Waals surface area contributed by atoms with Gasteiger partial charge in [0.2, 0.25) is 5.91 Å². The van der Waals surface area contributed by atoms with Crippen LogP contribution in [0.1, 0.15) is 50.1 Å². The van der Waals surface area contributed by atoms with Crippen molar-refractivity contribution in [1.82, 2.24) is 4.90 Å². The highest BCUT2D eigenvalue weighted by Gasteiger charge is 2.36. The zero-order valence-electron chi connectivity index (χ0n) is 18.2. The normalized spacial score (nSPS) is 15.4. The summed E-state index contributed by atoms with van der Waals surface area (Å²) >= 11 is 0. The number of nitrogens with zero attached hydrogens (tertiary/aromatic N) is 2. The van der Waals surface area contributed by atoms with Gasteiger partial charge >= 0.3 is 0 Å². The summed E-state index contributed by atoms with van der Waals surface area (Å²) in [5, 5.41) is 14.3. The van der Waals surface area contributed by atoms with Gasteiger partial charge in [-0.3, -0.25) is 19.7 Å². The Morgan fingerprint density at radius 1 is 1.22 bits per heavy atom. The minimum Gasteiger partial charge on any atom is -0.490 e. The topological polar surface area (TPSA) is 124 Å². The number of carbonyl (C=O) groups is 2. The van der Waals surface area contributed by atoms with Crippen molar-refractivity contribution in [1.29, 1.82) is 0 Å². The Kier molecular flexibility index (Phi) is 7.69. The monoisotopic (exact) mass is 445 g/mol. The van der Waals surface area contributed by atoms with Crippen LogP contribution in [0.5, 0.6) is 11.5 Å². The summed E-state index contributed by atoms with van der Waals surface area (Å²) in [6.45, 7) is 5.02. The van der Waals surface area contributed by atoms with Crippen molar-refractivity contribution in [3.63, 3.8) is 0 Å². The van der Waals surface area contributed by atoms with E-state index in [1.54, 1.807) is 6.07 Å². The number of benzene rings is 1. The Labute approximate surface area is 185 Å². The van der Waals surface area contributed by atoms with E-state index in [1.165, 1.54) is 29.4 Å². The molecule has 32 heavy (non-hydrogen) atoms. The second-order valence-electron chi connectivity index (χ2n) is 7.39. The Hall–Kier alpha value is -3.56. The molecule has 1 atom stereocenters. The third-order valence-electron chi connectivity index (χ3n) is 4.99. The number of likely N-dealkylation sites (tertiary alicyclic amines) is 1. The number of carbonyl (C=O) groups excluding carboxylic acids is 2. The molecule has 10 nitrogen and oxygen atoms in total.